The van der Waals surface area contributed by atoms with Crippen LogP contribution < -0.4 is 4.90 Å². The predicted octanol–water partition coefficient (Wildman–Crippen LogP) is 12.1. The molecule has 0 bridgehead atoms. The quantitative estimate of drug-likeness (QED) is 0.101. The molecule has 2 aliphatic heterocycles. The van der Waals surface area contributed by atoms with Crippen molar-refractivity contribution in [2.24, 2.45) is 0 Å². The number of hydrogen-bond donors (Lipinski definition) is 0. The van der Waals surface area contributed by atoms with Crippen LogP contribution in [0.1, 0.15) is 34.2 Å². The number of hydrogen-bond acceptors (Lipinski definition) is 1. The summed E-state index contributed by atoms with van der Waals surface area (Å²) in [5.41, 5.74) is 11.4. The minimum atomic E-state index is -0.297. The number of fused-ring (bicyclic) bond motifs is 6. The highest BCUT2D eigenvalue weighted by atomic mass is 15.2. The zero-order valence-electron chi connectivity index (χ0n) is 31.8. The lowest BCUT2D eigenvalue weighted by Crippen LogP contribution is -2.39. The SMILES string of the molecule is C=CCC1(Cc2ccccc2)/C(=C\C=C\C2=[N+](C)c3c(ccc4ccccc34)C2(Cc2ccccc2)Cc2ccccc2)N(C)c2ccc3ccccc3c21. The molecule has 1 atom stereocenters. The average molecular weight is 712 g/mol. The summed E-state index contributed by atoms with van der Waals surface area (Å²) in [7, 11) is 4.52. The van der Waals surface area contributed by atoms with Gasteiger partial charge in [-0.25, -0.2) is 0 Å². The summed E-state index contributed by atoms with van der Waals surface area (Å²) in [6, 6.07) is 60.1. The van der Waals surface area contributed by atoms with E-state index in [1.807, 2.05) is 0 Å². The van der Waals surface area contributed by atoms with Crippen LogP contribution in [-0.2, 0) is 30.1 Å². The lowest BCUT2D eigenvalue weighted by molar-refractivity contribution is -0.400. The average Bonchev–Trinajstić information content (AvgIpc) is 3.59. The van der Waals surface area contributed by atoms with Gasteiger partial charge in [0, 0.05) is 35.5 Å². The van der Waals surface area contributed by atoms with E-state index in [-0.39, 0.29) is 10.8 Å². The van der Waals surface area contributed by atoms with Crippen molar-refractivity contribution in [2.45, 2.75) is 36.5 Å². The Bertz CT molecular complexity index is 2590. The van der Waals surface area contributed by atoms with Gasteiger partial charge in [-0.3, -0.25) is 0 Å². The normalized spacial score (nSPS) is 18.1. The molecule has 0 saturated carbocycles. The van der Waals surface area contributed by atoms with E-state index in [1.165, 1.54) is 72.1 Å². The molecule has 0 fully saturated rings. The molecule has 1 unspecified atom stereocenters. The zero-order chi connectivity index (χ0) is 37.4. The van der Waals surface area contributed by atoms with E-state index in [0.29, 0.717) is 0 Å². The third-order valence-corrected chi connectivity index (χ3v) is 12.2. The fraction of sp³-hybridized carbons (Fsp3) is 0.151. The smallest absolute Gasteiger partial charge is 0.217 e. The van der Waals surface area contributed by atoms with E-state index in [4.69, 9.17) is 0 Å². The minimum absolute atomic E-state index is 0.297. The summed E-state index contributed by atoms with van der Waals surface area (Å²) < 4.78 is 2.49. The molecule has 268 valence electrons. The summed E-state index contributed by atoms with van der Waals surface area (Å²) in [5, 5.41) is 5.14. The van der Waals surface area contributed by atoms with E-state index >= 15 is 0 Å². The predicted molar refractivity (Wildman–Crippen MR) is 233 cm³/mol. The molecule has 9 rings (SSSR count). The van der Waals surface area contributed by atoms with Crippen molar-refractivity contribution in [1.82, 2.24) is 0 Å². The second-order valence-corrected chi connectivity index (χ2v) is 15.4. The maximum absolute atomic E-state index is 4.35. The van der Waals surface area contributed by atoms with Gasteiger partial charge in [0.1, 0.15) is 7.05 Å². The van der Waals surface area contributed by atoms with Crippen LogP contribution in [0.5, 0.6) is 0 Å². The van der Waals surface area contributed by atoms with Crippen molar-refractivity contribution in [3.8, 4) is 0 Å². The molecule has 7 aromatic carbocycles. The van der Waals surface area contributed by atoms with Gasteiger partial charge in [-0.1, -0.05) is 164 Å². The second-order valence-electron chi connectivity index (χ2n) is 15.4. The lowest BCUT2D eigenvalue weighted by Gasteiger charge is -2.33. The fourth-order valence-electron chi connectivity index (χ4n) is 9.95. The van der Waals surface area contributed by atoms with Gasteiger partial charge in [0.05, 0.1) is 10.8 Å². The van der Waals surface area contributed by atoms with Gasteiger partial charge in [-0.15, -0.1) is 6.58 Å². The number of rotatable bonds is 10. The lowest BCUT2D eigenvalue weighted by atomic mass is 9.68. The molecule has 0 spiro atoms. The van der Waals surface area contributed by atoms with Crippen LogP contribution in [0.25, 0.3) is 21.5 Å². The topological polar surface area (TPSA) is 6.25 Å². The van der Waals surface area contributed by atoms with Crippen molar-refractivity contribution in [1.29, 1.82) is 0 Å². The first-order chi connectivity index (χ1) is 27.0. The summed E-state index contributed by atoms with van der Waals surface area (Å²) in [4.78, 5) is 2.44. The molecule has 0 aliphatic carbocycles. The molecule has 0 amide bonds. The van der Waals surface area contributed by atoms with E-state index < -0.39 is 0 Å². The molecule has 55 heavy (non-hydrogen) atoms. The molecule has 7 aromatic rings. The Labute approximate surface area is 325 Å². The van der Waals surface area contributed by atoms with Crippen LogP contribution in [0.4, 0.5) is 11.4 Å². The van der Waals surface area contributed by atoms with Gasteiger partial charge in [0.25, 0.3) is 0 Å². The number of anilines is 1. The Balaban J connectivity index is 1.26. The summed E-state index contributed by atoms with van der Waals surface area (Å²) in [5.74, 6) is 0. The molecule has 0 aromatic heterocycles. The van der Waals surface area contributed by atoms with E-state index in [9.17, 15) is 0 Å². The number of nitrogens with zero attached hydrogens (tertiary/aromatic N) is 2. The third kappa shape index (κ3) is 5.85. The highest BCUT2D eigenvalue weighted by Crippen LogP contribution is 2.54. The first-order valence-electron chi connectivity index (χ1n) is 19.5. The molecule has 0 radical (unpaired) electrons. The largest absolute Gasteiger partial charge is 0.347 e. The molecule has 0 N–H and O–H groups in total. The highest BCUT2D eigenvalue weighted by molar-refractivity contribution is 6.08. The molecular weight excluding hydrogens is 665 g/mol. The van der Waals surface area contributed by atoms with Crippen molar-refractivity contribution >= 4 is 38.6 Å². The molecule has 2 nitrogen and oxygen atoms in total. The van der Waals surface area contributed by atoms with E-state index in [0.717, 1.165) is 25.7 Å². The van der Waals surface area contributed by atoms with Gasteiger partial charge in [0.15, 0.2) is 5.71 Å². The van der Waals surface area contributed by atoms with Crippen molar-refractivity contribution < 1.29 is 4.58 Å². The molecule has 0 saturated heterocycles. The standard InChI is InChI=1S/C53H47N2/c1-4-35-52(36-39-19-8-5-9-20-39)48(54(2)47-34-32-42-25-14-16-27-44(42)50(47)52)29-18-30-49-53(37-40-21-10-6-11-22-40,38-41-23-12-7-13-24-41)46-33-31-43-26-15-17-28-45(43)51(46)55(49)3/h4-34H,1,35-38H2,2-3H3/q+1. The van der Waals surface area contributed by atoms with E-state index in [2.05, 4.69) is 218 Å². The Morgan fingerprint density at radius 3 is 1.69 bits per heavy atom. The second kappa shape index (κ2) is 14.2. The minimum Gasteiger partial charge on any atom is -0.347 e. The Morgan fingerprint density at radius 2 is 1.09 bits per heavy atom. The number of allylic oxidation sites excluding steroid dienone is 5. The van der Waals surface area contributed by atoms with Crippen LogP contribution in [0.2, 0.25) is 0 Å². The fourth-order valence-corrected chi connectivity index (χ4v) is 9.95. The van der Waals surface area contributed by atoms with Gasteiger partial charge in [0.2, 0.25) is 5.69 Å². The van der Waals surface area contributed by atoms with E-state index in [1.54, 1.807) is 0 Å². The first-order valence-corrected chi connectivity index (χ1v) is 19.5. The first kappa shape index (κ1) is 34.5. The Kier molecular flexibility index (Phi) is 8.91. The van der Waals surface area contributed by atoms with Crippen LogP contribution in [-0.4, -0.2) is 24.4 Å². The van der Waals surface area contributed by atoms with Crippen molar-refractivity contribution in [2.75, 3.05) is 19.0 Å². The maximum atomic E-state index is 4.35. The summed E-state index contributed by atoms with van der Waals surface area (Å²) >= 11 is 0. The molecular formula is C53H47N2+. The van der Waals surface area contributed by atoms with Gasteiger partial charge < -0.3 is 4.90 Å². The monoisotopic (exact) mass is 711 g/mol. The molecule has 2 aliphatic rings. The summed E-state index contributed by atoms with van der Waals surface area (Å²) in [6.07, 6.45) is 12.8. The molecule has 2 heteroatoms. The maximum Gasteiger partial charge on any atom is 0.217 e. The van der Waals surface area contributed by atoms with Gasteiger partial charge in [-0.2, -0.15) is 4.58 Å². The Hall–Kier alpha value is -6.25. The van der Waals surface area contributed by atoms with Crippen LogP contribution in [0, 0.1) is 0 Å². The zero-order valence-corrected chi connectivity index (χ0v) is 31.8. The third-order valence-electron chi connectivity index (χ3n) is 12.2. The van der Waals surface area contributed by atoms with Gasteiger partial charge >= 0.3 is 0 Å². The highest BCUT2D eigenvalue weighted by Gasteiger charge is 2.51. The van der Waals surface area contributed by atoms with Crippen LogP contribution in [0.15, 0.2) is 200 Å². The number of benzene rings is 7. The van der Waals surface area contributed by atoms with Crippen molar-refractivity contribution in [3.63, 3.8) is 0 Å². The van der Waals surface area contributed by atoms with Crippen LogP contribution in [0.3, 0.4) is 0 Å². The van der Waals surface area contributed by atoms with Crippen LogP contribution >= 0.6 is 0 Å². The number of likely N-dealkylation sites (N-methyl/N-ethyl adjacent to an activating group) is 1. The molecule has 2 heterocycles. The summed E-state index contributed by atoms with van der Waals surface area (Å²) in [6.45, 7) is 4.35. The Morgan fingerprint density at radius 1 is 0.582 bits per heavy atom. The van der Waals surface area contributed by atoms with Crippen molar-refractivity contribution in [3.05, 3.63) is 228 Å². The van der Waals surface area contributed by atoms with Gasteiger partial charge in [-0.05, 0) is 82.3 Å².